The molecule has 0 bridgehead atoms. The molecule has 2 aromatic carbocycles. The summed E-state index contributed by atoms with van der Waals surface area (Å²) in [6, 6.07) is 16.3. The number of carbonyl (C=O) groups excluding carboxylic acids is 2. The first-order valence-corrected chi connectivity index (χ1v) is 15.2. The molecule has 0 aliphatic heterocycles. The van der Waals surface area contributed by atoms with Gasteiger partial charge in [0.05, 0.1) is 17.3 Å². The number of fused-ring (bicyclic) bond motifs is 1. The summed E-state index contributed by atoms with van der Waals surface area (Å²) in [5.74, 6) is -2.50. The molecule has 0 saturated heterocycles. The summed E-state index contributed by atoms with van der Waals surface area (Å²) >= 11 is 0. The molecule has 5 unspecified atom stereocenters. The number of hydrogen-bond donors (Lipinski definition) is 3. The minimum Gasteiger partial charge on any atom is -0.481 e. The van der Waals surface area contributed by atoms with Gasteiger partial charge in [-0.1, -0.05) is 86.9 Å². The second kappa shape index (κ2) is 11.8. The predicted octanol–water partition coefficient (Wildman–Crippen LogP) is 6.51. The SMILES string of the molecule is CNC(=O)C12CCCCCCCCCC13CC(C(=O)O)C(C(=O)Nc1ccc(Cc4ccc(C)cc4)cc1)CC32. The molecule has 3 fully saturated rings. The van der Waals surface area contributed by atoms with Gasteiger partial charge in [-0.05, 0) is 73.6 Å². The summed E-state index contributed by atoms with van der Waals surface area (Å²) in [5.41, 5.74) is 3.42. The smallest absolute Gasteiger partial charge is 0.307 e. The Hall–Kier alpha value is -3.15. The maximum atomic E-state index is 13.6. The number of rotatable bonds is 6. The van der Waals surface area contributed by atoms with Crippen LogP contribution in [-0.4, -0.2) is 29.9 Å². The van der Waals surface area contributed by atoms with Crippen molar-refractivity contribution >= 4 is 23.5 Å². The van der Waals surface area contributed by atoms with E-state index in [9.17, 15) is 19.5 Å². The maximum absolute atomic E-state index is 13.6. The van der Waals surface area contributed by atoms with E-state index in [0.717, 1.165) is 50.5 Å². The Labute approximate surface area is 238 Å². The third-order valence-corrected chi connectivity index (χ3v) is 10.4. The van der Waals surface area contributed by atoms with Crippen LogP contribution in [-0.2, 0) is 20.8 Å². The van der Waals surface area contributed by atoms with Gasteiger partial charge in [-0.15, -0.1) is 0 Å². The standard InChI is InChI=1S/C34H44N2O4/c1-23-10-12-24(13-11-23)20-25-14-16-26(17-15-25)36-30(37)27-21-29-33(22-28(27)31(38)39)18-8-6-4-3-5-7-9-19-34(29,33)32(40)35-2/h10-17,27-29H,3-9,18-22H2,1-2H3,(H,35,40)(H,36,37)(H,38,39). The largest absolute Gasteiger partial charge is 0.481 e. The van der Waals surface area contributed by atoms with Gasteiger partial charge in [0, 0.05) is 12.7 Å². The van der Waals surface area contributed by atoms with Crippen molar-refractivity contribution < 1.29 is 19.5 Å². The normalized spacial score (nSPS) is 30.1. The fourth-order valence-electron chi connectivity index (χ4n) is 8.27. The first kappa shape index (κ1) is 28.4. The molecule has 2 aromatic rings. The van der Waals surface area contributed by atoms with Crippen LogP contribution in [0.4, 0.5) is 5.69 Å². The number of aryl methyl sites for hydroxylation is 1. The van der Waals surface area contributed by atoms with Crippen molar-refractivity contribution in [3.63, 3.8) is 0 Å². The molecule has 3 aliphatic rings. The van der Waals surface area contributed by atoms with E-state index in [0.29, 0.717) is 18.5 Å². The highest BCUT2D eigenvalue weighted by Crippen LogP contribution is 2.80. The number of hydrogen-bond acceptors (Lipinski definition) is 3. The van der Waals surface area contributed by atoms with Crippen molar-refractivity contribution in [2.45, 2.75) is 84.0 Å². The Morgan fingerprint density at radius 2 is 1.40 bits per heavy atom. The zero-order valence-electron chi connectivity index (χ0n) is 24.0. The molecule has 3 aliphatic carbocycles. The van der Waals surface area contributed by atoms with Crippen LogP contribution in [0.1, 0.15) is 87.3 Å². The second-order valence-corrected chi connectivity index (χ2v) is 12.6. The zero-order valence-corrected chi connectivity index (χ0v) is 24.0. The molecule has 3 N–H and O–H groups in total. The van der Waals surface area contributed by atoms with Crippen LogP contribution in [0.5, 0.6) is 0 Å². The molecular weight excluding hydrogens is 500 g/mol. The van der Waals surface area contributed by atoms with Crippen LogP contribution in [0.2, 0.25) is 0 Å². The van der Waals surface area contributed by atoms with Crippen LogP contribution < -0.4 is 10.6 Å². The number of benzene rings is 2. The monoisotopic (exact) mass is 544 g/mol. The van der Waals surface area contributed by atoms with E-state index in [1.54, 1.807) is 7.05 Å². The van der Waals surface area contributed by atoms with Crippen molar-refractivity contribution in [2.24, 2.45) is 28.6 Å². The summed E-state index contributed by atoms with van der Waals surface area (Å²) in [6.07, 6.45) is 11.2. The molecule has 5 atom stereocenters. The van der Waals surface area contributed by atoms with Gasteiger partial charge in [-0.25, -0.2) is 0 Å². The molecule has 1 spiro atoms. The average molecular weight is 545 g/mol. The van der Waals surface area contributed by atoms with Gasteiger partial charge in [-0.3, -0.25) is 14.4 Å². The maximum Gasteiger partial charge on any atom is 0.307 e. The van der Waals surface area contributed by atoms with Gasteiger partial charge in [0.2, 0.25) is 11.8 Å². The molecule has 0 radical (unpaired) electrons. The number of carboxylic acid groups (broad SMARTS) is 1. The number of anilines is 1. The summed E-state index contributed by atoms with van der Waals surface area (Å²) in [4.78, 5) is 39.7. The van der Waals surface area contributed by atoms with Crippen LogP contribution in [0.25, 0.3) is 0 Å². The van der Waals surface area contributed by atoms with Crippen LogP contribution in [0.3, 0.4) is 0 Å². The molecule has 40 heavy (non-hydrogen) atoms. The summed E-state index contributed by atoms with van der Waals surface area (Å²) < 4.78 is 0. The van der Waals surface area contributed by atoms with Crippen LogP contribution in [0, 0.1) is 35.5 Å². The fourth-order valence-corrected chi connectivity index (χ4v) is 8.27. The van der Waals surface area contributed by atoms with Gasteiger partial charge in [0.1, 0.15) is 0 Å². The first-order chi connectivity index (χ1) is 19.3. The van der Waals surface area contributed by atoms with E-state index in [1.165, 1.54) is 30.4 Å². The molecule has 0 heterocycles. The lowest BCUT2D eigenvalue weighted by atomic mass is 9.70. The number of carboxylic acids is 1. The highest BCUT2D eigenvalue weighted by molar-refractivity contribution is 5.96. The zero-order chi connectivity index (χ0) is 28.3. The Kier molecular flexibility index (Phi) is 8.34. The number of amides is 2. The van der Waals surface area contributed by atoms with Gasteiger partial charge < -0.3 is 15.7 Å². The Balaban J connectivity index is 1.33. The van der Waals surface area contributed by atoms with E-state index >= 15 is 0 Å². The molecule has 3 saturated carbocycles. The van der Waals surface area contributed by atoms with E-state index < -0.39 is 23.2 Å². The highest BCUT2D eigenvalue weighted by Gasteiger charge is 2.80. The number of carbonyl (C=O) groups is 3. The number of nitrogens with one attached hydrogen (secondary N) is 2. The minimum atomic E-state index is -0.923. The van der Waals surface area contributed by atoms with Crippen LogP contribution in [0.15, 0.2) is 48.5 Å². The van der Waals surface area contributed by atoms with Gasteiger partial charge in [0.15, 0.2) is 0 Å². The molecular formula is C34H44N2O4. The summed E-state index contributed by atoms with van der Waals surface area (Å²) in [6.45, 7) is 2.07. The Bertz CT molecular complexity index is 1220. The summed E-state index contributed by atoms with van der Waals surface area (Å²) in [5, 5.41) is 16.3. The van der Waals surface area contributed by atoms with Gasteiger partial charge in [0.25, 0.3) is 0 Å². The van der Waals surface area contributed by atoms with Gasteiger partial charge >= 0.3 is 5.97 Å². The van der Waals surface area contributed by atoms with Crippen LogP contribution >= 0.6 is 0 Å². The van der Waals surface area contributed by atoms with Crippen molar-refractivity contribution in [3.05, 3.63) is 65.2 Å². The van der Waals surface area contributed by atoms with E-state index in [1.807, 2.05) is 24.3 Å². The van der Waals surface area contributed by atoms with E-state index in [4.69, 9.17) is 0 Å². The average Bonchev–Trinajstić information content (AvgIpc) is 3.54. The van der Waals surface area contributed by atoms with Crippen molar-refractivity contribution in [3.8, 4) is 0 Å². The molecule has 5 rings (SSSR count). The molecule has 2 amide bonds. The lowest BCUT2D eigenvalue weighted by Gasteiger charge is -2.33. The molecule has 6 nitrogen and oxygen atoms in total. The van der Waals surface area contributed by atoms with Crippen molar-refractivity contribution in [1.82, 2.24) is 5.32 Å². The molecule has 0 aromatic heterocycles. The first-order valence-electron chi connectivity index (χ1n) is 15.2. The highest BCUT2D eigenvalue weighted by atomic mass is 16.4. The number of aliphatic carboxylic acids is 1. The second-order valence-electron chi connectivity index (χ2n) is 12.6. The van der Waals surface area contributed by atoms with E-state index in [-0.39, 0.29) is 23.1 Å². The molecule has 214 valence electrons. The quantitative estimate of drug-likeness (QED) is 0.386. The summed E-state index contributed by atoms with van der Waals surface area (Å²) in [7, 11) is 1.70. The minimum absolute atomic E-state index is 0.0473. The predicted molar refractivity (Wildman–Crippen MR) is 157 cm³/mol. The third-order valence-electron chi connectivity index (χ3n) is 10.4. The molecule has 6 heteroatoms. The fraction of sp³-hybridized carbons (Fsp3) is 0.559. The van der Waals surface area contributed by atoms with Gasteiger partial charge in [-0.2, -0.15) is 0 Å². The van der Waals surface area contributed by atoms with Crippen molar-refractivity contribution in [2.75, 3.05) is 12.4 Å². The Morgan fingerprint density at radius 3 is 2.00 bits per heavy atom. The lowest BCUT2D eigenvalue weighted by molar-refractivity contribution is -0.149. The topological polar surface area (TPSA) is 95.5 Å². The Morgan fingerprint density at radius 1 is 0.825 bits per heavy atom. The van der Waals surface area contributed by atoms with Crippen molar-refractivity contribution in [1.29, 1.82) is 0 Å². The third kappa shape index (κ3) is 5.29. The lowest BCUT2D eigenvalue weighted by Crippen LogP contribution is -2.39. The van der Waals surface area contributed by atoms with E-state index in [2.05, 4.69) is 41.8 Å².